The molecule has 2 aromatic carbocycles. The lowest BCUT2D eigenvalue weighted by molar-refractivity contribution is -0.154. The summed E-state index contributed by atoms with van der Waals surface area (Å²) in [5.41, 5.74) is 1.40. The number of nitrogens with zero attached hydrogens (tertiary/aromatic N) is 8. The van der Waals surface area contributed by atoms with Crippen molar-refractivity contribution in [3.63, 3.8) is 0 Å². The number of ether oxygens (including phenoxy) is 2. The summed E-state index contributed by atoms with van der Waals surface area (Å²) in [4.78, 5) is 24.6. The normalized spacial score (nSPS) is 17.8. The van der Waals surface area contributed by atoms with Crippen molar-refractivity contribution in [1.29, 1.82) is 0 Å². The maximum absolute atomic E-state index is 14.0. The van der Waals surface area contributed by atoms with Gasteiger partial charge in [-0.05, 0) is 48.2 Å². The van der Waals surface area contributed by atoms with Crippen LogP contribution >= 0.6 is 0 Å². The van der Waals surface area contributed by atoms with Crippen LogP contribution < -0.4 is 29.1 Å². The number of piperazine rings is 2. The Balaban J connectivity index is 0.000000232. The second kappa shape index (κ2) is 19.3. The van der Waals surface area contributed by atoms with Gasteiger partial charge in [-0.25, -0.2) is 31.2 Å². The summed E-state index contributed by atoms with van der Waals surface area (Å²) in [5, 5.41) is 0. The Morgan fingerprint density at radius 2 is 1.25 bits per heavy atom. The zero-order chi connectivity index (χ0) is 44.9. The zero-order valence-electron chi connectivity index (χ0n) is 34.3. The van der Waals surface area contributed by atoms with E-state index in [1.54, 1.807) is 18.2 Å². The molecule has 14 nitrogen and oxygen atoms in total. The molecule has 4 aromatic rings. The first-order valence-corrected chi connectivity index (χ1v) is 22.9. The van der Waals surface area contributed by atoms with E-state index in [0.717, 1.165) is 18.0 Å². The lowest BCUT2D eigenvalue weighted by atomic mass is 9.99. The molecule has 2 fully saturated rings. The number of hydrogen-bond donors (Lipinski definition) is 0. The first kappa shape index (κ1) is 46.9. The molecule has 0 saturated carbocycles. The predicted octanol–water partition coefficient (Wildman–Crippen LogP) is 6.14. The fourth-order valence-electron chi connectivity index (χ4n) is 6.95. The van der Waals surface area contributed by atoms with E-state index in [1.807, 2.05) is 34.6 Å². The fourth-order valence-corrected chi connectivity index (χ4v) is 8.36. The van der Waals surface area contributed by atoms with Gasteiger partial charge < -0.3 is 29.1 Å². The van der Waals surface area contributed by atoms with Crippen LogP contribution in [0.1, 0.15) is 27.7 Å². The Morgan fingerprint density at radius 1 is 0.721 bits per heavy atom. The predicted molar refractivity (Wildman–Crippen MR) is 218 cm³/mol. The largest absolute Gasteiger partial charge is 0.468 e. The Labute approximate surface area is 351 Å². The third-order valence-electron chi connectivity index (χ3n) is 10.0. The molecule has 0 amide bonds. The molecule has 0 radical (unpaired) electrons. The minimum absolute atomic E-state index is 0.00689. The van der Waals surface area contributed by atoms with E-state index in [0.29, 0.717) is 50.9 Å². The van der Waals surface area contributed by atoms with Gasteiger partial charge in [-0.15, -0.1) is 0 Å². The smallest absolute Gasteiger partial charge is 0.422 e. The van der Waals surface area contributed by atoms with Crippen molar-refractivity contribution >= 4 is 42.9 Å². The Hall–Kier alpha value is -5.12. The second-order valence-corrected chi connectivity index (χ2v) is 19.2. The van der Waals surface area contributed by atoms with Gasteiger partial charge in [0.2, 0.25) is 23.7 Å². The first-order valence-electron chi connectivity index (χ1n) is 19.1. The average Bonchev–Trinajstić information content (AvgIpc) is 3.19. The Morgan fingerprint density at radius 3 is 1.74 bits per heavy atom. The summed E-state index contributed by atoms with van der Waals surface area (Å²) in [7, 11) is -7.02. The van der Waals surface area contributed by atoms with E-state index in [4.69, 9.17) is 4.74 Å². The monoisotopic (exact) mass is 902 g/mol. The Kier molecular flexibility index (Phi) is 14.8. The van der Waals surface area contributed by atoms with E-state index >= 15 is 0 Å². The highest BCUT2D eigenvalue weighted by molar-refractivity contribution is 7.91. The summed E-state index contributed by atoms with van der Waals surface area (Å²) in [6.07, 6.45) is 0.411. The highest BCUT2D eigenvalue weighted by Gasteiger charge is 2.34. The third kappa shape index (κ3) is 12.7. The summed E-state index contributed by atoms with van der Waals surface area (Å²) < 4.78 is 133. The quantitative estimate of drug-likeness (QED) is 0.150. The van der Waals surface area contributed by atoms with Crippen LogP contribution in [0.15, 0.2) is 76.8 Å². The van der Waals surface area contributed by atoms with Crippen molar-refractivity contribution in [2.24, 2.45) is 11.8 Å². The molecule has 0 spiro atoms. The Bertz CT molecular complexity index is 2340. The molecule has 2 atom stereocenters. The number of hydrogen-bond acceptors (Lipinski definition) is 14. The van der Waals surface area contributed by atoms with Gasteiger partial charge in [0.05, 0.1) is 17.0 Å². The first-order chi connectivity index (χ1) is 28.5. The molecule has 2 saturated heterocycles. The van der Waals surface area contributed by atoms with E-state index in [2.05, 4.69) is 43.4 Å². The van der Waals surface area contributed by atoms with E-state index in [1.165, 1.54) is 42.9 Å². The molecule has 2 aliphatic rings. The zero-order valence-corrected chi connectivity index (χ0v) is 35.9. The van der Waals surface area contributed by atoms with Crippen LogP contribution in [0.4, 0.5) is 49.6 Å². The van der Waals surface area contributed by atoms with Gasteiger partial charge in [0.1, 0.15) is 10.7 Å². The summed E-state index contributed by atoms with van der Waals surface area (Å²) in [5.74, 6) is -0.232. The number of alkyl halides is 5. The lowest BCUT2D eigenvalue weighted by Crippen LogP contribution is -2.56. The molecule has 6 rings (SSSR count). The van der Waals surface area contributed by atoms with Crippen LogP contribution in [-0.2, 0) is 19.7 Å². The van der Waals surface area contributed by atoms with Crippen molar-refractivity contribution in [3.05, 3.63) is 72.8 Å². The van der Waals surface area contributed by atoms with Crippen molar-refractivity contribution in [3.8, 4) is 11.8 Å². The van der Waals surface area contributed by atoms with Crippen LogP contribution in [0, 0.1) is 17.7 Å². The molecule has 4 heterocycles. The second-order valence-electron chi connectivity index (χ2n) is 15.2. The summed E-state index contributed by atoms with van der Waals surface area (Å²) in [6.45, 7) is 6.83. The molecule has 2 aromatic heterocycles. The molecule has 0 unspecified atom stereocenters. The molecular weight excluding hydrogens is 855 g/mol. The average molecular weight is 903 g/mol. The van der Waals surface area contributed by atoms with Crippen molar-refractivity contribution in [2.45, 2.75) is 62.4 Å². The number of anilines is 4. The molecule has 334 valence electrons. The van der Waals surface area contributed by atoms with E-state index in [-0.39, 0.29) is 51.4 Å². The van der Waals surface area contributed by atoms with Gasteiger partial charge in [0.15, 0.2) is 26.3 Å². The summed E-state index contributed by atoms with van der Waals surface area (Å²) in [6, 6.07) is 13.3. The van der Waals surface area contributed by atoms with Gasteiger partial charge >= 0.3 is 12.8 Å². The minimum atomic E-state index is -4.48. The van der Waals surface area contributed by atoms with Crippen molar-refractivity contribution < 1.29 is 52.7 Å². The molecule has 0 bridgehead atoms. The SMILES string of the molecule is CC(C)[C@@H]1CN(c2ccc(F)c(S(C)(=O)=O)c2)CCN1c1nccc(OCC(F)(F)F)n1.CC(C)[C@@H]1CN(c2cccc(S(C)(=O)=O)c2)CCN1c1nccc(OC(F)F)n1. The number of halogens is 6. The number of sulfone groups is 2. The molecule has 61 heavy (non-hydrogen) atoms. The van der Waals surface area contributed by atoms with Crippen LogP contribution in [0.5, 0.6) is 11.8 Å². The van der Waals surface area contributed by atoms with E-state index < -0.39 is 44.9 Å². The number of rotatable bonds is 12. The van der Waals surface area contributed by atoms with Crippen LogP contribution in [-0.4, -0.2) is 120 Å². The van der Waals surface area contributed by atoms with Gasteiger partial charge in [-0.1, -0.05) is 33.8 Å². The molecule has 22 heteroatoms. The highest BCUT2D eigenvalue weighted by atomic mass is 32.2. The standard InChI is InChI=1S/C20H24F4N4O3S.C19H24F2N4O3S/c1-13(2)16-11-27(14-4-5-15(21)17(10-14)32(3,29)30)8-9-28(16)19-25-7-6-18(26-19)31-12-20(22,23)24;1-13(2)16-12-24(14-5-4-6-15(11-14)29(3,26)27)9-10-25(16)19-22-8-7-17(23-19)28-18(20)21/h4-7,10,13,16H,8-9,11-12H2,1-3H3;4-8,11,13,16,18H,9-10,12H2,1-3H3/t2*16-/m00/s1. The van der Waals surface area contributed by atoms with Gasteiger partial charge in [0, 0.05) is 87.7 Å². The van der Waals surface area contributed by atoms with Gasteiger partial charge in [0.25, 0.3) is 0 Å². The molecule has 0 N–H and O–H groups in total. The highest BCUT2D eigenvalue weighted by Crippen LogP contribution is 2.31. The van der Waals surface area contributed by atoms with E-state index in [9.17, 15) is 43.2 Å². The number of aromatic nitrogens is 4. The lowest BCUT2D eigenvalue weighted by Gasteiger charge is -2.44. The molecule has 0 aliphatic carbocycles. The fraction of sp³-hybridized carbons (Fsp3) is 0.487. The maximum atomic E-state index is 14.0. The molecular formula is C39H48F6N8O6S2. The van der Waals surface area contributed by atoms with Crippen molar-refractivity contribution in [2.75, 3.05) is 78.0 Å². The van der Waals surface area contributed by atoms with Gasteiger partial charge in [-0.3, -0.25) is 0 Å². The summed E-state index contributed by atoms with van der Waals surface area (Å²) >= 11 is 0. The minimum Gasteiger partial charge on any atom is -0.468 e. The molecule has 2 aliphatic heterocycles. The maximum Gasteiger partial charge on any atom is 0.422 e. The van der Waals surface area contributed by atoms with Gasteiger partial charge in [-0.2, -0.15) is 31.9 Å². The topological polar surface area (TPSA) is 151 Å². The van der Waals surface area contributed by atoms with Crippen molar-refractivity contribution in [1.82, 2.24) is 19.9 Å². The van der Waals surface area contributed by atoms with Crippen LogP contribution in [0.25, 0.3) is 0 Å². The number of benzene rings is 2. The van der Waals surface area contributed by atoms with Crippen LogP contribution in [0.3, 0.4) is 0 Å². The third-order valence-corrected chi connectivity index (χ3v) is 12.2. The van der Waals surface area contributed by atoms with Crippen LogP contribution in [0.2, 0.25) is 0 Å².